The smallest absolute Gasteiger partial charge is 0.397 e. The van der Waals surface area contributed by atoms with Gasteiger partial charge >= 0.3 is 6.18 Å². The number of anilines is 3. The van der Waals surface area contributed by atoms with Gasteiger partial charge < -0.3 is 26.4 Å². The number of halogens is 5. The van der Waals surface area contributed by atoms with Crippen LogP contribution in [0.4, 0.5) is 39.0 Å². The minimum absolute atomic E-state index is 0.0154. The second-order valence-electron chi connectivity index (χ2n) is 8.65. The Hall–Kier alpha value is -4.26. The van der Waals surface area contributed by atoms with Crippen LogP contribution in [0.15, 0.2) is 54.9 Å². The third-order valence-electron chi connectivity index (χ3n) is 5.89. The van der Waals surface area contributed by atoms with Crippen LogP contribution in [0.1, 0.15) is 27.9 Å². The molecule has 200 valence electrons. The monoisotopic (exact) mass is 535 g/mol. The van der Waals surface area contributed by atoms with Gasteiger partial charge in [0.25, 0.3) is 5.91 Å². The van der Waals surface area contributed by atoms with Crippen LogP contribution in [-0.2, 0) is 22.3 Å². The van der Waals surface area contributed by atoms with E-state index in [0.29, 0.717) is 6.07 Å². The lowest BCUT2D eigenvalue weighted by Gasteiger charge is -2.27. The molecular formula is C25H22F5N5O3. The number of hydrogen-bond donors (Lipinski definition) is 4. The summed E-state index contributed by atoms with van der Waals surface area (Å²) in [5, 5.41) is 7.66. The van der Waals surface area contributed by atoms with Crippen LogP contribution in [0.25, 0.3) is 0 Å². The van der Waals surface area contributed by atoms with Gasteiger partial charge in [-0.2, -0.15) is 13.2 Å². The van der Waals surface area contributed by atoms with Crippen LogP contribution in [0.3, 0.4) is 0 Å². The maximum atomic E-state index is 14.8. The second-order valence-corrected chi connectivity index (χ2v) is 8.65. The van der Waals surface area contributed by atoms with E-state index in [1.165, 1.54) is 30.6 Å². The Bertz CT molecular complexity index is 1360. The van der Waals surface area contributed by atoms with E-state index in [4.69, 9.17) is 10.5 Å². The van der Waals surface area contributed by atoms with Gasteiger partial charge in [0, 0.05) is 43.2 Å². The average Bonchev–Trinajstić information content (AvgIpc) is 3.33. The van der Waals surface area contributed by atoms with Crippen LogP contribution >= 0.6 is 0 Å². The first kappa shape index (κ1) is 26.8. The Morgan fingerprint density at radius 1 is 1.08 bits per heavy atom. The lowest BCUT2D eigenvalue weighted by Crippen LogP contribution is -2.59. The molecule has 5 N–H and O–H groups in total. The van der Waals surface area contributed by atoms with E-state index in [-0.39, 0.29) is 48.7 Å². The van der Waals surface area contributed by atoms with E-state index < -0.39 is 46.4 Å². The van der Waals surface area contributed by atoms with E-state index in [1.54, 1.807) is 0 Å². The number of nitrogens with two attached hydrogens (primary N) is 1. The van der Waals surface area contributed by atoms with Crippen molar-refractivity contribution in [2.75, 3.05) is 24.3 Å². The van der Waals surface area contributed by atoms with Crippen molar-refractivity contribution in [2.24, 2.45) is 0 Å². The lowest BCUT2D eigenvalue weighted by molar-refractivity contribution is -0.137. The van der Waals surface area contributed by atoms with Gasteiger partial charge in [-0.25, -0.2) is 8.78 Å². The van der Waals surface area contributed by atoms with Gasteiger partial charge in [0.15, 0.2) is 0 Å². The third kappa shape index (κ3) is 5.99. The number of pyridine rings is 1. The Morgan fingerprint density at radius 3 is 2.53 bits per heavy atom. The van der Waals surface area contributed by atoms with Crippen molar-refractivity contribution in [1.82, 2.24) is 15.6 Å². The summed E-state index contributed by atoms with van der Waals surface area (Å²) >= 11 is 0. The molecule has 4 rings (SSSR count). The number of benzene rings is 2. The molecule has 0 spiro atoms. The number of aromatic nitrogens is 1. The van der Waals surface area contributed by atoms with Crippen molar-refractivity contribution in [3.63, 3.8) is 0 Å². The molecule has 0 bridgehead atoms. The number of hydrogen-bond acceptors (Lipinski definition) is 6. The fourth-order valence-corrected chi connectivity index (χ4v) is 3.90. The first-order valence-corrected chi connectivity index (χ1v) is 11.3. The largest absolute Gasteiger partial charge is 0.418 e. The molecule has 0 unspecified atom stereocenters. The molecule has 2 aromatic carbocycles. The molecule has 1 aromatic heterocycles. The molecular weight excluding hydrogens is 513 g/mol. The number of rotatable bonds is 7. The molecule has 1 saturated heterocycles. The molecule has 2 amide bonds. The standard InChI is InChI=1S/C25H22F5N5O3/c26-16-2-4-21(19(8-16)25(28,29)30)34-18-3-1-14(20(27)9-18)11-33-23(37)24(5-6-38-13-24)35-22(36)15-7-17(31)12-32-10-15/h1-4,7-10,12,34H,5-6,11,13,31H2,(H,33,37)(H,35,36)/t24-/m0/s1. The van der Waals surface area contributed by atoms with Crippen LogP contribution in [0.5, 0.6) is 0 Å². The van der Waals surface area contributed by atoms with Crippen molar-refractivity contribution < 1.29 is 36.3 Å². The van der Waals surface area contributed by atoms with Crippen LogP contribution in [0.2, 0.25) is 0 Å². The molecule has 1 aliphatic heterocycles. The molecule has 1 fully saturated rings. The highest BCUT2D eigenvalue weighted by molar-refractivity contribution is 5.99. The SMILES string of the molecule is Nc1cncc(C(=O)N[C@@]2(C(=O)NCc3ccc(Nc4ccc(F)cc4C(F)(F)F)cc3F)CCOC2)c1. The summed E-state index contributed by atoms with van der Waals surface area (Å²) in [6.45, 7) is -0.168. The molecule has 1 atom stereocenters. The summed E-state index contributed by atoms with van der Waals surface area (Å²) in [6.07, 6.45) is -2.00. The van der Waals surface area contributed by atoms with Gasteiger partial charge in [-0.05, 0) is 36.4 Å². The zero-order chi connectivity index (χ0) is 27.5. The Kier molecular flexibility index (Phi) is 7.49. The van der Waals surface area contributed by atoms with Crippen LogP contribution in [0, 0.1) is 11.6 Å². The summed E-state index contributed by atoms with van der Waals surface area (Å²) in [6, 6.07) is 7.05. The van der Waals surface area contributed by atoms with E-state index in [9.17, 15) is 31.5 Å². The number of alkyl halides is 3. The molecule has 2 heterocycles. The lowest BCUT2D eigenvalue weighted by atomic mass is 9.96. The Balaban J connectivity index is 1.44. The summed E-state index contributed by atoms with van der Waals surface area (Å²) < 4.78 is 73.1. The molecule has 0 aliphatic carbocycles. The quantitative estimate of drug-likeness (QED) is 0.341. The van der Waals surface area contributed by atoms with Gasteiger partial charge in [0.1, 0.15) is 17.2 Å². The number of amides is 2. The maximum Gasteiger partial charge on any atom is 0.418 e. The third-order valence-corrected chi connectivity index (χ3v) is 5.89. The van der Waals surface area contributed by atoms with Crippen molar-refractivity contribution >= 4 is 28.9 Å². The molecule has 13 heteroatoms. The predicted molar refractivity (Wildman–Crippen MR) is 127 cm³/mol. The van der Waals surface area contributed by atoms with E-state index in [0.717, 1.165) is 18.2 Å². The molecule has 0 radical (unpaired) electrons. The highest BCUT2D eigenvalue weighted by Crippen LogP contribution is 2.36. The summed E-state index contributed by atoms with van der Waals surface area (Å²) in [7, 11) is 0. The number of nitrogens with zero attached hydrogens (tertiary/aromatic N) is 1. The van der Waals surface area contributed by atoms with E-state index >= 15 is 0 Å². The molecule has 8 nitrogen and oxygen atoms in total. The average molecular weight is 535 g/mol. The van der Waals surface area contributed by atoms with Crippen molar-refractivity contribution in [3.8, 4) is 0 Å². The zero-order valence-corrected chi connectivity index (χ0v) is 19.7. The topological polar surface area (TPSA) is 118 Å². The number of ether oxygens (including phenoxy) is 1. The van der Waals surface area contributed by atoms with Gasteiger partial charge in [0.05, 0.1) is 29.1 Å². The van der Waals surface area contributed by atoms with Gasteiger partial charge in [-0.1, -0.05) is 6.07 Å². The van der Waals surface area contributed by atoms with Gasteiger partial charge in [-0.15, -0.1) is 0 Å². The maximum absolute atomic E-state index is 14.8. The van der Waals surface area contributed by atoms with Gasteiger partial charge in [-0.3, -0.25) is 14.6 Å². The predicted octanol–water partition coefficient (Wildman–Crippen LogP) is 3.91. The second kappa shape index (κ2) is 10.6. The zero-order valence-electron chi connectivity index (χ0n) is 19.7. The molecule has 3 aromatic rings. The minimum atomic E-state index is -4.83. The minimum Gasteiger partial charge on any atom is -0.397 e. The van der Waals surface area contributed by atoms with E-state index in [1.807, 2.05) is 0 Å². The van der Waals surface area contributed by atoms with Gasteiger partial charge in [0.2, 0.25) is 5.91 Å². The van der Waals surface area contributed by atoms with Crippen molar-refractivity contribution in [1.29, 1.82) is 0 Å². The van der Waals surface area contributed by atoms with Crippen molar-refractivity contribution in [3.05, 3.63) is 83.2 Å². The number of carbonyl (C=O) groups excluding carboxylic acids is 2. The fourth-order valence-electron chi connectivity index (χ4n) is 3.90. The van der Waals surface area contributed by atoms with Crippen LogP contribution in [-0.4, -0.2) is 35.6 Å². The number of nitrogens with one attached hydrogen (secondary N) is 3. The Morgan fingerprint density at radius 2 is 1.87 bits per heavy atom. The van der Waals surface area contributed by atoms with Crippen molar-refractivity contribution in [2.45, 2.75) is 24.7 Å². The molecule has 38 heavy (non-hydrogen) atoms. The number of carbonyl (C=O) groups is 2. The first-order chi connectivity index (χ1) is 18.0. The molecule has 1 aliphatic rings. The van der Waals surface area contributed by atoms with Crippen LogP contribution < -0.4 is 21.7 Å². The fraction of sp³-hybridized carbons (Fsp3) is 0.240. The molecule has 0 saturated carbocycles. The first-order valence-electron chi connectivity index (χ1n) is 11.3. The highest BCUT2D eigenvalue weighted by atomic mass is 19.4. The summed E-state index contributed by atoms with van der Waals surface area (Å²) in [5.41, 5.74) is 3.00. The normalized spacial score (nSPS) is 17.2. The highest BCUT2D eigenvalue weighted by Gasteiger charge is 2.44. The summed E-state index contributed by atoms with van der Waals surface area (Å²) in [4.78, 5) is 29.6. The summed E-state index contributed by atoms with van der Waals surface area (Å²) in [5.74, 6) is -3.07. The van der Waals surface area contributed by atoms with E-state index in [2.05, 4.69) is 20.9 Å². The number of nitrogen functional groups attached to an aromatic ring is 1. The Labute approximate surface area is 213 Å².